The van der Waals surface area contributed by atoms with Crippen molar-refractivity contribution in [1.29, 1.82) is 0 Å². The Kier molecular flexibility index (Phi) is 6.98. The quantitative estimate of drug-likeness (QED) is 0.737. The summed E-state index contributed by atoms with van der Waals surface area (Å²) in [5.74, 6) is 2.32. The highest BCUT2D eigenvalue weighted by molar-refractivity contribution is 7.98. The van der Waals surface area contributed by atoms with Crippen molar-refractivity contribution in [3.8, 4) is 0 Å². The number of hydrogen-bond acceptors (Lipinski definition) is 3. The summed E-state index contributed by atoms with van der Waals surface area (Å²) in [5.41, 5.74) is 1.40. The molecule has 0 aliphatic heterocycles. The maximum absolute atomic E-state index is 3.60. The van der Waals surface area contributed by atoms with Crippen LogP contribution in [0.25, 0.3) is 0 Å². The fourth-order valence-electron chi connectivity index (χ4n) is 1.46. The first-order valence-electron chi connectivity index (χ1n) is 5.14. The summed E-state index contributed by atoms with van der Waals surface area (Å²) >= 11 is 3.78. The van der Waals surface area contributed by atoms with E-state index in [1.165, 1.54) is 11.3 Å². The zero-order valence-corrected chi connectivity index (χ0v) is 11.0. The van der Waals surface area contributed by atoms with E-state index >= 15 is 0 Å². The van der Waals surface area contributed by atoms with E-state index in [0.29, 0.717) is 6.04 Å². The van der Waals surface area contributed by atoms with E-state index in [0.717, 1.165) is 12.3 Å². The molecule has 0 fully saturated rings. The van der Waals surface area contributed by atoms with Gasteiger partial charge in [0.15, 0.2) is 0 Å². The summed E-state index contributed by atoms with van der Waals surface area (Å²) in [6.07, 6.45) is 4.31. The molecule has 15 heavy (non-hydrogen) atoms. The molecular formula is C12H19NS2. The lowest BCUT2D eigenvalue weighted by Crippen LogP contribution is -2.25. The summed E-state index contributed by atoms with van der Waals surface area (Å²) in [7, 11) is 0. The first-order valence-corrected chi connectivity index (χ1v) is 7.93. The molecule has 0 spiro atoms. The molecule has 1 rings (SSSR count). The predicted octanol–water partition coefficient (Wildman–Crippen LogP) is 3.04. The van der Waals surface area contributed by atoms with Crippen LogP contribution >= 0.6 is 23.5 Å². The largest absolute Gasteiger partial charge is 0.308 e. The van der Waals surface area contributed by atoms with Crippen LogP contribution in [0.15, 0.2) is 30.3 Å². The minimum absolute atomic E-state index is 0.494. The van der Waals surface area contributed by atoms with Crippen molar-refractivity contribution < 1.29 is 0 Å². The first kappa shape index (κ1) is 12.9. The highest BCUT2D eigenvalue weighted by atomic mass is 32.2. The standard InChI is InChI=1S/C12H19NS2/c1-14-9-8-13-12(10-15-2)11-6-4-3-5-7-11/h3-7,12-13H,8-10H2,1-2H3. The third-order valence-corrected chi connectivity index (χ3v) is 3.51. The lowest BCUT2D eigenvalue weighted by molar-refractivity contribution is 0.610. The molecule has 1 atom stereocenters. The third kappa shape index (κ3) is 4.96. The van der Waals surface area contributed by atoms with Gasteiger partial charge in [-0.3, -0.25) is 0 Å². The van der Waals surface area contributed by atoms with Crippen molar-refractivity contribution in [2.75, 3.05) is 30.6 Å². The van der Waals surface area contributed by atoms with Crippen LogP contribution in [0.4, 0.5) is 0 Å². The lowest BCUT2D eigenvalue weighted by Gasteiger charge is -2.17. The molecule has 0 amide bonds. The Balaban J connectivity index is 2.50. The Morgan fingerprint density at radius 2 is 1.87 bits per heavy atom. The van der Waals surface area contributed by atoms with Crippen LogP contribution in [0.5, 0.6) is 0 Å². The predicted molar refractivity (Wildman–Crippen MR) is 73.9 cm³/mol. The SMILES string of the molecule is CSCCNC(CSC)c1ccccc1. The van der Waals surface area contributed by atoms with Crippen molar-refractivity contribution in [2.24, 2.45) is 0 Å². The van der Waals surface area contributed by atoms with Gasteiger partial charge < -0.3 is 5.32 Å². The molecule has 84 valence electrons. The summed E-state index contributed by atoms with van der Waals surface area (Å²) in [4.78, 5) is 0. The van der Waals surface area contributed by atoms with Crippen molar-refractivity contribution in [1.82, 2.24) is 5.32 Å². The van der Waals surface area contributed by atoms with E-state index in [9.17, 15) is 0 Å². The van der Waals surface area contributed by atoms with Crippen LogP contribution in [-0.4, -0.2) is 30.6 Å². The zero-order chi connectivity index (χ0) is 10.9. The van der Waals surface area contributed by atoms with Crippen LogP contribution in [0.3, 0.4) is 0 Å². The minimum Gasteiger partial charge on any atom is -0.308 e. The van der Waals surface area contributed by atoms with Gasteiger partial charge in [0.25, 0.3) is 0 Å². The van der Waals surface area contributed by atoms with E-state index in [4.69, 9.17) is 0 Å². The molecule has 1 nitrogen and oxygen atoms in total. The topological polar surface area (TPSA) is 12.0 Å². The first-order chi connectivity index (χ1) is 7.38. The Hall–Kier alpha value is -0.120. The normalized spacial score (nSPS) is 12.7. The van der Waals surface area contributed by atoms with E-state index < -0.39 is 0 Å². The fraction of sp³-hybridized carbons (Fsp3) is 0.500. The molecule has 0 bridgehead atoms. The second-order valence-electron chi connectivity index (χ2n) is 3.37. The van der Waals surface area contributed by atoms with Gasteiger partial charge in [0.2, 0.25) is 0 Å². The molecule has 1 unspecified atom stereocenters. The molecule has 1 aromatic rings. The van der Waals surface area contributed by atoms with Gasteiger partial charge in [0, 0.05) is 24.1 Å². The van der Waals surface area contributed by atoms with E-state index in [1.54, 1.807) is 0 Å². The lowest BCUT2D eigenvalue weighted by atomic mass is 10.1. The fourth-order valence-corrected chi connectivity index (χ4v) is 2.43. The van der Waals surface area contributed by atoms with Gasteiger partial charge in [-0.1, -0.05) is 30.3 Å². The van der Waals surface area contributed by atoms with Gasteiger partial charge in [-0.25, -0.2) is 0 Å². The van der Waals surface area contributed by atoms with Crippen LogP contribution < -0.4 is 5.32 Å². The Bertz CT molecular complexity index is 251. The molecule has 0 saturated carbocycles. The van der Waals surface area contributed by atoms with E-state index in [2.05, 4.69) is 48.2 Å². The van der Waals surface area contributed by atoms with Crippen molar-refractivity contribution in [3.63, 3.8) is 0 Å². The molecular weight excluding hydrogens is 222 g/mol. The van der Waals surface area contributed by atoms with Crippen molar-refractivity contribution in [2.45, 2.75) is 6.04 Å². The maximum atomic E-state index is 3.60. The molecule has 1 aromatic carbocycles. The summed E-state index contributed by atoms with van der Waals surface area (Å²) in [6.45, 7) is 1.08. The smallest absolute Gasteiger partial charge is 0.0412 e. The molecule has 0 aliphatic rings. The third-order valence-electron chi connectivity index (χ3n) is 2.23. The highest BCUT2D eigenvalue weighted by Crippen LogP contribution is 2.16. The summed E-state index contributed by atoms with van der Waals surface area (Å²) in [5, 5.41) is 3.60. The number of rotatable bonds is 7. The molecule has 0 aromatic heterocycles. The van der Waals surface area contributed by atoms with Crippen LogP contribution in [0, 0.1) is 0 Å². The maximum Gasteiger partial charge on any atom is 0.0412 e. The van der Waals surface area contributed by atoms with Gasteiger partial charge in [-0.2, -0.15) is 23.5 Å². The van der Waals surface area contributed by atoms with Gasteiger partial charge in [-0.05, 0) is 18.1 Å². The van der Waals surface area contributed by atoms with Gasteiger partial charge >= 0.3 is 0 Å². The molecule has 0 radical (unpaired) electrons. The van der Waals surface area contributed by atoms with Crippen molar-refractivity contribution in [3.05, 3.63) is 35.9 Å². The van der Waals surface area contributed by atoms with Crippen molar-refractivity contribution >= 4 is 23.5 Å². The average molecular weight is 241 g/mol. The Morgan fingerprint density at radius 1 is 1.13 bits per heavy atom. The number of hydrogen-bond donors (Lipinski definition) is 1. The highest BCUT2D eigenvalue weighted by Gasteiger charge is 2.08. The number of thioether (sulfide) groups is 2. The second-order valence-corrected chi connectivity index (χ2v) is 5.26. The zero-order valence-electron chi connectivity index (χ0n) is 9.40. The van der Waals surface area contributed by atoms with Crippen LogP contribution in [0.1, 0.15) is 11.6 Å². The Labute approximate surface area is 101 Å². The molecule has 0 saturated heterocycles. The molecule has 0 heterocycles. The monoisotopic (exact) mass is 241 g/mol. The minimum atomic E-state index is 0.494. The van der Waals surface area contributed by atoms with E-state index in [1.807, 2.05) is 23.5 Å². The number of benzene rings is 1. The average Bonchev–Trinajstić information content (AvgIpc) is 2.29. The summed E-state index contributed by atoms with van der Waals surface area (Å²) in [6, 6.07) is 11.2. The number of nitrogens with one attached hydrogen (secondary N) is 1. The Morgan fingerprint density at radius 3 is 2.47 bits per heavy atom. The van der Waals surface area contributed by atoms with Crippen LogP contribution in [-0.2, 0) is 0 Å². The van der Waals surface area contributed by atoms with Gasteiger partial charge in [0.1, 0.15) is 0 Å². The molecule has 0 aliphatic carbocycles. The van der Waals surface area contributed by atoms with Gasteiger partial charge in [-0.15, -0.1) is 0 Å². The molecule has 3 heteroatoms. The van der Waals surface area contributed by atoms with Gasteiger partial charge in [0.05, 0.1) is 0 Å². The van der Waals surface area contributed by atoms with E-state index in [-0.39, 0.29) is 0 Å². The molecule has 1 N–H and O–H groups in total. The van der Waals surface area contributed by atoms with Crippen LogP contribution in [0.2, 0.25) is 0 Å². The summed E-state index contributed by atoms with van der Waals surface area (Å²) < 4.78 is 0. The second kappa shape index (κ2) is 8.08.